The maximum Gasteiger partial charge on any atom is 0.279 e. The number of carbonyl (C=O) groups excluding carboxylic acids is 1. The molecule has 1 heterocycles. The van der Waals surface area contributed by atoms with Crippen molar-refractivity contribution in [3.05, 3.63) is 35.9 Å². The zero-order valence-corrected chi connectivity index (χ0v) is 12.0. The predicted molar refractivity (Wildman–Crippen MR) is 75.7 cm³/mol. The molecule has 0 radical (unpaired) electrons. The van der Waals surface area contributed by atoms with Crippen molar-refractivity contribution in [1.29, 1.82) is 0 Å². The van der Waals surface area contributed by atoms with Crippen molar-refractivity contribution in [1.82, 2.24) is 9.03 Å². The standard InChI is InChI=1S/C13H19N3O3S/c14-13(17)12-7-4-8-16(10-12)20(18,19)15-9-11-5-2-1-3-6-11/h1-3,5-6,12,15H,4,7-10H2,(H2,14,17)/t12-/m0/s1. The largest absolute Gasteiger partial charge is 0.369 e. The zero-order chi connectivity index (χ0) is 14.6. The van der Waals surface area contributed by atoms with Gasteiger partial charge in [-0.25, -0.2) is 0 Å². The summed E-state index contributed by atoms with van der Waals surface area (Å²) in [6, 6.07) is 9.29. The molecule has 1 aliphatic heterocycles. The maximum atomic E-state index is 12.2. The van der Waals surface area contributed by atoms with E-state index in [1.165, 1.54) is 4.31 Å². The third-order valence-corrected chi connectivity index (χ3v) is 4.95. The van der Waals surface area contributed by atoms with E-state index < -0.39 is 22.0 Å². The second-order valence-electron chi connectivity index (χ2n) is 4.91. The minimum Gasteiger partial charge on any atom is -0.369 e. The van der Waals surface area contributed by atoms with Crippen LogP contribution in [0.2, 0.25) is 0 Å². The Bertz CT molecular complexity index is 559. The first-order valence-electron chi connectivity index (χ1n) is 6.57. The zero-order valence-electron chi connectivity index (χ0n) is 11.2. The molecule has 1 aromatic carbocycles. The van der Waals surface area contributed by atoms with Crippen molar-refractivity contribution in [2.24, 2.45) is 11.7 Å². The van der Waals surface area contributed by atoms with Crippen LogP contribution in [-0.4, -0.2) is 31.7 Å². The Morgan fingerprint density at radius 2 is 2.05 bits per heavy atom. The monoisotopic (exact) mass is 297 g/mol. The molecule has 20 heavy (non-hydrogen) atoms. The van der Waals surface area contributed by atoms with Crippen LogP contribution in [0.3, 0.4) is 0 Å². The van der Waals surface area contributed by atoms with Crippen LogP contribution in [0.15, 0.2) is 30.3 Å². The molecule has 6 nitrogen and oxygen atoms in total. The average Bonchev–Trinajstić information content (AvgIpc) is 2.46. The minimum absolute atomic E-state index is 0.166. The summed E-state index contributed by atoms with van der Waals surface area (Å²) in [5, 5.41) is 0. The van der Waals surface area contributed by atoms with Crippen molar-refractivity contribution in [2.45, 2.75) is 19.4 Å². The Morgan fingerprint density at radius 1 is 1.35 bits per heavy atom. The molecule has 3 N–H and O–H groups in total. The number of hydrogen-bond acceptors (Lipinski definition) is 3. The molecular formula is C13H19N3O3S. The average molecular weight is 297 g/mol. The van der Waals surface area contributed by atoms with E-state index in [2.05, 4.69) is 4.72 Å². The minimum atomic E-state index is -3.57. The van der Waals surface area contributed by atoms with Crippen LogP contribution in [0.25, 0.3) is 0 Å². The Hall–Kier alpha value is -1.44. The highest BCUT2D eigenvalue weighted by Crippen LogP contribution is 2.18. The molecule has 1 fully saturated rings. The van der Waals surface area contributed by atoms with Crippen molar-refractivity contribution in [3.8, 4) is 0 Å². The lowest BCUT2D eigenvalue weighted by atomic mass is 9.99. The van der Waals surface area contributed by atoms with Gasteiger partial charge < -0.3 is 5.73 Å². The molecule has 1 amide bonds. The summed E-state index contributed by atoms with van der Waals surface area (Å²) in [7, 11) is -3.57. The number of carbonyl (C=O) groups is 1. The second kappa shape index (κ2) is 6.34. The topological polar surface area (TPSA) is 92.5 Å². The molecule has 1 atom stereocenters. The van der Waals surface area contributed by atoms with Crippen molar-refractivity contribution >= 4 is 16.1 Å². The van der Waals surface area contributed by atoms with E-state index in [4.69, 9.17) is 5.73 Å². The first-order valence-corrected chi connectivity index (χ1v) is 8.01. The van der Waals surface area contributed by atoms with Gasteiger partial charge in [0.1, 0.15) is 0 Å². The highest BCUT2D eigenvalue weighted by molar-refractivity contribution is 7.87. The Kier molecular flexibility index (Phi) is 4.74. The summed E-state index contributed by atoms with van der Waals surface area (Å²) in [5.74, 6) is -0.829. The van der Waals surface area contributed by atoms with Crippen LogP contribution in [0.5, 0.6) is 0 Å². The molecule has 1 aliphatic rings. The number of primary amides is 1. The van der Waals surface area contributed by atoms with E-state index in [-0.39, 0.29) is 13.1 Å². The summed E-state index contributed by atoms with van der Waals surface area (Å²) >= 11 is 0. The van der Waals surface area contributed by atoms with Crippen molar-refractivity contribution in [3.63, 3.8) is 0 Å². The fourth-order valence-corrected chi connectivity index (χ4v) is 3.53. The van der Waals surface area contributed by atoms with Crippen molar-refractivity contribution in [2.75, 3.05) is 13.1 Å². The number of piperidine rings is 1. The third-order valence-electron chi connectivity index (χ3n) is 3.43. The van der Waals surface area contributed by atoms with Gasteiger partial charge in [-0.3, -0.25) is 4.79 Å². The van der Waals surface area contributed by atoms with Gasteiger partial charge in [0.25, 0.3) is 10.2 Å². The van der Waals surface area contributed by atoms with E-state index in [0.717, 1.165) is 5.56 Å². The number of nitrogens with one attached hydrogen (secondary N) is 1. The molecule has 0 aliphatic carbocycles. The SMILES string of the molecule is NC(=O)[C@H]1CCCN(S(=O)(=O)NCc2ccccc2)C1. The van der Waals surface area contributed by atoms with Gasteiger partial charge in [-0.1, -0.05) is 30.3 Å². The van der Waals surface area contributed by atoms with E-state index in [9.17, 15) is 13.2 Å². The second-order valence-corrected chi connectivity index (χ2v) is 6.67. The number of benzene rings is 1. The first kappa shape index (κ1) is 15.0. The number of nitrogens with two attached hydrogens (primary N) is 1. The van der Waals surface area contributed by atoms with Crippen molar-refractivity contribution < 1.29 is 13.2 Å². The van der Waals surface area contributed by atoms with Crippen LogP contribution in [0.1, 0.15) is 18.4 Å². The Labute approximate surface area is 119 Å². The van der Waals surface area contributed by atoms with Gasteiger partial charge >= 0.3 is 0 Å². The molecule has 1 saturated heterocycles. The van der Waals surface area contributed by atoms with Gasteiger partial charge in [-0.2, -0.15) is 17.4 Å². The molecule has 0 spiro atoms. The molecule has 1 aromatic rings. The van der Waals surface area contributed by atoms with E-state index in [1.54, 1.807) is 0 Å². The van der Waals surface area contributed by atoms with Crippen LogP contribution in [0, 0.1) is 5.92 Å². The predicted octanol–water partition coefficient (Wildman–Crippen LogP) is 0.218. The lowest BCUT2D eigenvalue weighted by molar-refractivity contribution is -0.122. The van der Waals surface area contributed by atoms with Crippen LogP contribution < -0.4 is 10.5 Å². The summed E-state index contributed by atoms with van der Waals surface area (Å²) in [4.78, 5) is 11.2. The summed E-state index contributed by atoms with van der Waals surface area (Å²) in [6.07, 6.45) is 1.31. The number of amides is 1. The molecule has 0 bridgehead atoms. The van der Waals surface area contributed by atoms with E-state index in [1.807, 2.05) is 30.3 Å². The Balaban J connectivity index is 1.97. The molecule has 110 valence electrons. The Morgan fingerprint density at radius 3 is 2.70 bits per heavy atom. The molecule has 2 rings (SSSR count). The van der Waals surface area contributed by atoms with Gasteiger partial charge in [0.05, 0.1) is 5.92 Å². The fraction of sp³-hybridized carbons (Fsp3) is 0.462. The fourth-order valence-electron chi connectivity index (χ4n) is 2.25. The smallest absolute Gasteiger partial charge is 0.279 e. The summed E-state index contributed by atoms with van der Waals surface area (Å²) in [6.45, 7) is 0.828. The number of hydrogen-bond donors (Lipinski definition) is 2. The van der Waals surface area contributed by atoms with Gasteiger partial charge in [0, 0.05) is 19.6 Å². The molecule has 0 unspecified atom stereocenters. The van der Waals surface area contributed by atoms with Gasteiger partial charge in [-0.15, -0.1) is 0 Å². The normalized spacial score (nSPS) is 20.7. The molecular weight excluding hydrogens is 278 g/mol. The third kappa shape index (κ3) is 3.78. The van der Waals surface area contributed by atoms with Crippen LogP contribution in [-0.2, 0) is 21.5 Å². The first-order chi connectivity index (χ1) is 9.49. The van der Waals surface area contributed by atoms with Gasteiger partial charge in [0.2, 0.25) is 5.91 Å². The molecule has 0 aromatic heterocycles. The summed E-state index contributed by atoms with van der Waals surface area (Å²) < 4.78 is 28.2. The number of rotatable bonds is 5. The lowest BCUT2D eigenvalue weighted by Crippen LogP contribution is -2.48. The van der Waals surface area contributed by atoms with E-state index >= 15 is 0 Å². The van der Waals surface area contributed by atoms with Gasteiger partial charge in [0.15, 0.2) is 0 Å². The number of nitrogens with zero attached hydrogens (tertiary/aromatic N) is 1. The quantitative estimate of drug-likeness (QED) is 0.814. The molecule has 7 heteroatoms. The van der Waals surface area contributed by atoms with Gasteiger partial charge in [-0.05, 0) is 18.4 Å². The van der Waals surface area contributed by atoms with Crippen LogP contribution >= 0.6 is 0 Å². The lowest BCUT2D eigenvalue weighted by Gasteiger charge is -2.30. The summed E-state index contributed by atoms with van der Waals surface area (Å²) in [5.41, 5.74) is 6.15. The molecule has 0 saturated carbocycles. The maximum absolute atomic E-state index is 12.2. The highest BCUT2D eigenvalue weighted by Gasteiger charge is 2.30. The highest BCUT2D eigenvalue weighted by atomic mass is 32.2. The van der Waals surface area contributed by atoms with E-state index in [0.29, 0.717) is 19.4 Å². The van der Waals surface area contributed by atoms with Crippen LogP contribution in [0.4, 0.5) is 0 Å².